The van der Waals surface area contributed by atoms with Crippen LogP contribution in [0.2, 0.25) is 0 Å². The predicted octanol–water partition coefficient (Wildman–Crippen LogP) is 2.93. The number of hydrogen-bond donors (Lipinski definition) is 0. The summed E-state index contributed by atoms with van der Waals surface area (Å²) in [6, 6.07) is 9.88. The van der Waals surface area contributed by atoms with E-state index in [1.54, 1.807) is 18.2 Å². The van der Waals surface area contributed by atoms with Crippen LogP contribution < -0.4 is 4.74 Å². The first kappa shape index (κ1) is 20.3. The van der Waals surface area contributed by atoms with Crippen LogP contribution in [-0.4, -0.2) is 44.3 Å². The van der Waals surface area contributed by atoms with Gasteiger partial charge < -0.3 is 18.9 Å². The standard InChI is InChI=1S/C20H19NO8/c1-26-10-14-11-28-17-8-5-13(19(22)27-2)9-16(17)18(14)29-20(23)12-3-6-15(7-4-12)21(24)25/h3-9,14,18H,10-11H2,1-2H3/t14-,18+/m1/s1. The Kier molecular flexibility index (Phi) is 6.08. The molecule has 2 atom stereocenters. The number of carbonyl (C=O) groups is 2. The number of esters is 2. The predicted molar refractivity (Wildman–Crippen MR) is 99.9 cm³/mol. The van der Waals surface area contributed by atoms with Crippen molar-refractivity contribution < 1.29 is 33.5 Å². The summed E-state index contributed by atoms with van der Waals surface area (Å²) in [6.45, 7) is 0.525. The average molecular weight is 401 g/mol. The molecule has 9 heteroatoms. The molecule has 1 aliphatic heterocycles. The highest BCUT2D eigenvalue weighted by Crippen LogP contribution is 2.39. The summed E-state index contributed by atoms with van der Waals surface area (Å²) in [5.41, 5.74) is 0.864. The van der Waals surface area contributed by atoms with Gasteiger partial charge in [0.15, 0.2) is 0 Å². The molecule has 0 bridgehead atoms. The van der Waals surface area contributed by atoms with Crippen molar-refractivity contribution in [3.63, 3.8) is 0 Å². The zero-order valence-corrected chi connectivity index (χ0v) is 15.8. The van der Waals surface area contributed by atoms with Gasteiger partial charge in [-0.1, -0.05) is 0 Å². The molecule has 0 N–H and O–H groups in total. The SMILES string of the molecule is COC[C@@H]1COc2ccc(C(=O)OC)cc2[C@H]1OC(=O)c1ccc([N+](=O)[O-])cc1. The number of methoxy groups -OCH3 is 2. The molecule has 3 rings (SSSR count). The van der Waals surface area contributed by atoms with Gasteiger partial charge in [-0.3, -0.25) is 10.1 Å². The van der Waals surface area contributed by atoms with Crippen LogP contribution in [0.25, 0.3) is 0 Å². The number of nitro groups is 1. The zero-order valence-electron chi connectivity index (χ0n) is 15.8. The lowest BCUT2D eigenvalue weighted by Crippen LogP contribution is -2.32. The molecule has 9 nitrogen and oxygen atoms in total. The molecule has 2 aromatic rings. The van der Waals surface area contributed by atoms with Crippen LogP contribution in [0.1, 0.15) is 32.4 Å². The van der Waals surface area contributed by atoms with Crippen LogP contribution in [0.15, 0.2) is 42.5 Å². The van der Waals surface area contributed by atoms with E-state index in [4.69, 9.17) is 18.9 Å². The van der Waals surface area contributed by atoms with Crippen molar-refractivity contribution in [2.24, 2.45) is 5.92 Å². The van der Waals surface area contributed by atoms with Crippen LogP contribution in [0.4, 0.5) is 5.69 Å². The van der Waals surface area contributed by atoms with Crippen LogP contribution in [-0.2, 0) is 14.2 Å². The van der Waals surface area contributed by atoms with E-state index in [0.29, 0.717) is 16.9 Å². The monoisotopic (exact) mass is 401 g/mol. The van der Waals surface area contributed by atoms with Gasteiger partial charge >= 0.3 is 11.9 Å². The van der Waals surface area contributed by atoms with E-state index in [1.807, 2.05) is 0 Å². The number of rotatable bonds is 6. The average Bonchev–Trinajstić information content (AvgIpc) is 2.74. The van der Waals surface area contributed by atoms with Crippen LogP contribution in [0.5, 0.6) is 5.75 Å². The fourth-order valence-electron chi connectivity index (χ4n) is 3.10. The molecule has 1 aliphatic rings. The van der Waals surface area contributed by atoms with E-state index < -0.39 is 23.0 Å². The second-order valence-corrected chi connectivity index (χ2v) is 6.40. The molecule has 0 fully saturated rings. The Morgan fingerprint density at radius 1 is 1.10 bits per heavy atom. The molecule has 152 valence electrons. The summed E-state index contributed by atoms with van der Waals surface area (Å²) in [5.74, 6) is -0.988. The molecule has 0 saturated carbocycles. The Morgan fingerprint density at radius 3 is 2.41 bits per heavy atom. The second-order valence-electron chi connectivity index (χ2n) is 6.40. The van der Waals surface area contributed by atoms with Gasteiger partial charge in [0.25, 0.3) is 5.69 Å². The maximum atomic E-state index is 12.7. The minimum absolute atomic E-state index is 0.127. The van der Waals surface area contributed by atoms with Crippen molar-refractivity contribution in [1.29, 1.82) is 0 Å². The van der Waals surface area contributed by atoms with Crippen molar-refractivity contribution in [3.05, 3.63) is 69.3 Å². The van der Waals surface area contributed by atoms with Crippen molar-refractivity contribution in [2.75, 3.05) is 27.4 Å². The Hall–Kier alpha value is -3.46. The number of carbonyl (C=O) groups excluding carboxylic acids is 2. The molecule has 0 aromatic heterocycles. The highest BCUT2D eigenvalue weighted by atomic mass is 16.6. The Morgan fingerprint density at radius 2 is 1.79 bits per heavy atom. The maximum absolute atomic E-state index is 12.7. The van der Waals surface area contributed by atoms with Gasteiger partial charge in [0.1, 0.15) is 11.9 Å². The summed E-state index contributed by atoms with van der Waals surface area (Å²) < 4.78 is 21.4. The third kappa shape index (κ3) is 4.35. The lowest BCUT2D eigenvalue weighted by Gasteiger charge is -2.33. The quantitative estimate of drug-likeness (QED) is 0.412. The van der Waals surface area contributed by atoms with Gasteiger partial charge in [0.05, 0.1) is 42.3 Å². The number of nitro benzene ring substituents is 1. The van der Waals surface area contributed by atoms with Gasteiger partial charge in [0, 0.05) is 24.8 Å². The van der Waals surface area contributed by atoms with Crippen LogP contribution in [0.3, 0.4) is 0 Å². The summed E-state index contributed by atoms with van der Waals surface area (Å²) in [5, 5.41) is 10.8. The van der Waals surface area contributed by atoms with Crippen LogP contribution in [0, 0.1) is 16.0 Å². The fourth-order valence-corrected chi connectivity index (χ4v) is 3.10. The Balaban J connectivity index is 1.91. The van der Waals surface area contributed by atoms with E-state index in [1.165, 1.54) is 38.5 Å². The lowest BCUT2D eigenvalue weighted by molar-refractivity contribution is -0.384. The minimum atomic E-state index is -0.731. The molecule has 0 amide bonds. The van der Waals surface area contributed by atoms with Gasteiger partial charge in [-0.2, -0.15) is 0 Å². The molecule has 1 heterocycles. The van der Waals surface area contributed by atoms with Gasteiger partial charge in [-0.25, -0.2) is 9.59 Å². The molecule has 0 saturated heterocycles. The van der Waals surface area contributed by atoms with Gasteiger partial charge in [0.2, 0.25) is 0 Å². The lowest BCUT2D eigenvalue weighted by atomic mass is 9.92. The first-order chi connectivity index (χ1) is 13.9. The summed E-state index contributed by atoms with van der Waals surface area (Å²) >= 11 is 0. The number of nitrogens with zero attached hydrogens (tertiary/aromatic N) is 1. The molecule has 0 spiro atoms. The highest BCUT2D eigenvalue weighted by molar-refractivity contribution is 5.91. The zero-order chi connectivity index (χ0) is 21.0. The smallest absolute Gasteiger partial charge is 0.338 e. The van der Waals surface area contributed by atoms with Crippen molar-refractivity contribution in [2.45, 2.75) is 6.10 Å². The van der Waals surface area contributed by atoms with Crippen molar-refractivity contribution >= 4 is 17.6 Å². The van der Waals surface area contributed by atoms with Crippen LogP contribution >= 0.6 is 0 Å². The number of non-ortho nitro benzene ring substituents is 1. The Labute approximate surface area is 166 Å². The molecule has 0 radical (unpaired) electrons. The number of ether oxygens (including phenoxy) is 4. The van der Waals surface area contributed by atoms with E-state index in [-0.39, 0.29) is 30.4 Å². The largest absolute Gasteiger partial charge is 0.493 e. The summed E-state index contributed by atoms with van der Waals surface area (Å²) in [7, 11) is 2.80. The van der Waals surface area contributed by atoms with Crippen molar-refractivity contribution in [3.8, 4) is 5.75 Å². The van der Waals surface area contributed by atoms with E-state index in [2.05, 4.69) is 0 Å². The third-order valence-electron chi connectivity index (χ3n) is 4.55. The third-order valence-corrected chi connectivity index (χ3v) is 4.55. The first-order valence-electron chi connectivity index (χ1n) is 8.74. The summed E-state index contributed by atoms with van der Waals surface area (Å²) in [6.07, 6.45) is -0.731. The molecule has 0 unspecified atom stereocenters. The first-order valence-corrected chi connectivity index (χ1v) is 8.74. The van der Waals surface area contributed by atoms with E-state index >= 15 is 0 Å². The molecular formula is C20H19NO8. The molecule has 0 aliphatic carbocycles. The number of fused-ring (bicyclic) bond motifs is 1. The van der Waals surface area contributed by atoms with Crippen molar-refractivity contribution in [1.82, 2.24) is 0 Å². The number of hydrogen-bond acceptors (Lipinski definition) is 8. The Bertz CT molecular complexity index is 925. The minimum Gasteiger partial charge on any atom is -0.493 e. The normalized spacial score (nSPS) is 17.6. The van der Waals surface area contributed by atoms with Gasteiger partial charge in [-0.15, -0.1) is 0 Å². The molecule has 29 heavy (non-hydrogen) atoms. The van der Waals surface area contributed by atoms with Gasteiger partial charge in [-0.05, 0) is 30.3 Å². The summed E-state index contributed by atoms with van der Waals surface area (Å²) in [4.78, 5) is 34.8. The second kappa shape index (κ2) is 8.70. The maximum Gasteiger partial charge on any atom is 0.338 e. The fraction of sp³-hybridized carbons (Fsp3) is 0.300. The molecular weight excluding hydrogens is 382 g/mol. The van der Waals surface area contributed by atoms with E-state index in [9.17, 15) is 19.7 Å². The number of benzene rings is 2. The topological polar surface area (TPSA) is 114 Å². The van der Waals surface area contributed by atoms with E-state index in [0.717, 1.165) is 0 Å². The highest BCUT2D eigenvalue weighted by Gasteiger charge is 2.35. The molecule has 2 aromatic carbocycles.